The van der Waals surface area contributed by atoms with E-state index in [4.69, 9.17) is 0 Å². The zero-order chi connectivity index (χ0) is 15.8. The van der Waals surface area contributed by atoms with Crippen molar-refractivity contribution >= 4 is 17.7 Å². The van der Waals surface area contributed by atoms with Gasteiger partial charge in [0.15, 0.2) is 0 Å². The Morgan fingerprint density at radius 2 is 2.00 bits per heavy atom. The summed E-state index contributed by atoms with van der Waals surface area (Å²) < 4.78 is 0. The lowest BCUT2D eigenvalue weighted by Crippen LogP contribution is -2.07. The molecule has 4 rings (SSSR count). The highest BCUT2D eigenvalue weighted by molar-refractivity contribution is 7.98. The Balaban J connectivity index is 1.67. The van der Waals surface area contributed by atoms with Crippen LogP contribution in [0.2, 0.25) is 0 Å². The Kier molecular flexibility index (Phi) is 3.42. The normalized spacial score (nSPS) is 12.7. The summed E-state index contributed by atoms with van der Waals surface area (Å²) in [7, 11) is 0. The zero-order valence-electron chi connectivity index (χ0n) is 12.2. The van der Waals surface area contributed by atoms with Crippen LogP contribution in [-0.2, 0) is 18.6 Å². The number of rotatable bonds is 4. The van der Waals surface area contributed by atoms with Crippen LogP contribution in [0.1, 0.15) is 27.3 Å². The molecular weight excluding hydrogens is 312 g/mol. The average Bonchev–Trinajstić information content (AvgIpc) is 3.17. The topological polar surface area (TPSA) is 94.7 Å². The van der Waals surface area contributed by atoms with Crippen LogP contribution in [0, 0.1) is 0 Å². The number of carboxylic acids is 1. The van der Waals surface area contributed by atoms with E-state index in [1.807, 2.05) is 18.2 Å². The van der Waals surface area contributed by atoms with E-state index in [1.54, 1.807) is 11.8 Å². The van der Waals surface area contributed by atoms with Crippen LogP contribution in [-0.4, -0.2) is 31.5 Å². The maximum Gasteiger partial charge on any atom is 0.354 e. The average molecular weight is 326 g/mol. The van der Waals surface area contributed by atoms with Crippen molar-refractivity contribution in [3.8, 4) is 11.3 Å². The van der Waals surface area contributed by atoms with Gasteiger partial charge < -0.3 is 5.11 Å². The SMILES string of the molecule is O=C(O)c1[nH]nc2c1CCc1[nH]nc(SCc3ccccc3)c1-2. The quantitative estimate of drug-likeness (QED) is 0.641. The minimum atomic E-state index is -0.968. The molecule has 23 heavy (non-hydrogen) atoms. The Morgan fingerprint density at radius 1 is 1.17 bits per heavy atom. The molecule has 0 spiro atoms. The number of thioether (sulfide) groups is 1. The number of carboxylic acid groups (broad SMARTS) is 1. The van der Waals surface area contributed by atoms with Gasteiger partial charge in [0.2, 0.25) is 0 Å². The molecule has 0 amide bonds. The molecule has 0 atom stereocenters. The lowest BCUT2D eigenvalue weighted by molar-refractivity contribution is 0.0689. The number of hydrogen-bond donors (Lipinski definition) is 3. The van der Waals surface area contributed by atoms with Crippen molar-refractivity contribution in [2.45, 2.75) is 23.6 Å². The Labute approximate surface area is 136 Å². The van der Waals surface area contributed by atoms with Crippen molar-refractivity contribution in [3.63, 3.8) is 0 Å². The van der Waals surface area contributed by atoms with Gasteiger partial charge in [0, 0.05) is 17.0 Å². The van der Waals surface area contributed by atoms with Gasteiger partial charge >= 0.3 is 5.97 Å². The number of fused-ring (bicyclic) bond motifs is 3. The summed E-state index contributed by atoms with van der Waals surface area (Å²) in [6, 6.07) is 10.2. The van der Waals surface area contributed by atoms with Crippen LogP contribution in [0.15, 0.2) is 35.4 Å². The molecule has 3 N–H and O–H groups in total. The third-order valence-electron chi connectivity index (χ3n) is 3.97. The molecule has 1 aliphatic carbocycles. The number of H-pyrrole nitrogens is 2. The van der Waals surface area contributed by atoms with Gasteiger partial charge in [-0.15, -0.1) is 0 Å². The molecule has 2 heterocycles. The van der Waals surface area contributed by atoms with Gasteiger partial charge in [0.1, 0.15) is 16.4 Å². The zero-order valence-corrected chi connectivity index (χ0v) is 13.0. The first-order valence-corrected chi connectivity index (χ1v) is 8.27. The lowest BCUT2D eigenvalue weighted by Gasteiger charge is -2.11. The highest BCUT2D eigenvalue weighted by Crippen LogP contribution is 2.39. The van der Waals surface area contributed by atoms with E-state index in [9.17, 15) is 9.90 Å². The number of aromatic carboxylic acids is 1. The van der Waals surface area contributed by atoms with Crippen LogP contribution < -0.4 is 0 Å². The minimum Gasteiger partial charge on any atom is -0.477 e. The molecule has 0 aliphatic heterocycles. The number of nitrogens with zero attached hydrogens (tertiary/aromatic N) is 2. The predicted octanol–water partition coefficient (Wildman–Crippen LogP) is 2.89. The Bertz CT molecular complexity index is 870. The molecule has 116 valence electrons. The Hall–Kier alpha value is -2.54. The van der Waals surface area contributed by atoms with Crippen molar-refractivity contribution in [2.24, 2.45) is 0 Å². The largest absolute Gasteiger partial charge is 0.477 e. The maximum absolute atomic E-state index is 11.3. The molecule has 0 unspecified atom stereocenters. The van der Waals surface area contributed by atoms with Crippen LogP contribution >= 0.6 is 11.8 Å². The second-order valence-electron chi connectivity index (χ2n) is 5.39. The van der Waals surface area contributed by atoms with Crippen LogP contribution in [0.4, 0.5) is 0 Å². The first-order valence-electron chi connectivity index (χ1n) is 7.29. The summed E-state index contributed by atoms with van der Waals surface area (Å²) in [6.45, 7) is 0. The smallest absolute Gasteiger partial charge is 0.354 e. The fraction of sp³-hybridized carbons (Fsp3) is 0.188. The van der Waals surface area contributed by atoms with E-state index in [1.165, 1.54) is 5.56 Å². The van der Waals surface area contributed by atoms with E-state index in [-0.39, 0.29) is 5.69 Å². The van der Waals surface area contributed by atoms with Crippen molar-refractivity contribution in [2.75, 3.05) is 0 Å². The van der Waals surface area contributed by atoms with Gasteiger partial charge in [-0.05, 0) is 18.4 Å². The highest BCUT2D eigenvalue weighted by atomic mass is 32.2. The third kappa shape index (κ3) is 2.43. The number of benzene rings is 1. The molecule has 0 fully saturated rings. The summed E-state index contributed by atoms with van der Waals surface area (Å²) in [4.78, 5) is 11.3. The molecule has 2 aromatic heterocycles. The van der Waals surface area contributed by atoms with Crippen molar-refractivity contribution in [1.29, 1.82) is 0 Å². The van der Waals surface area contributed by atoms with E-state index < -0.39 is 5.97 Å². The molecule has 0 bridgehead atoms. The fourth-order valence-electron chi connectivity index (χ4n) is 2.86. The molecule has 0 saturated heterocycles. The fourth-order valence-corrected chi connectivity index (χ4v) is 3.83. The molecule has 1 aromatic carbocycles. The van der Waals surface area contributed by atoms with Crippen LogP contribution in [0.5, 0.6) is 0 Å². The molecule has 1 aliphatic rings. The molecule has 0 radical (unpaired) electrons. The van der Waals surface area contributed by atoms with Crippen molar-refractivity contribution < 1.29 is 9.90 Å². The van der Waals surface area contributed by atoms with E-state index in [2.05, 4.69) is 32.5 Å². The number of hydrogen-bond acceptors (Lipinski definition) is 4. The predicted molar refractivity (Wildman–Crippen MR) is 86.5 cm³/mol. The Morgan fingerprint density at radius 3 is 2.78 bits per heavy atom. The van der Waals surface area contributed by atoms with E-state index in [0.29, 0.717) is 12.1 Å². The number of aromatic nitrogens is 4. The second-order valence-corrected chi connectivity index (χ2v) is 6.35. The van der Waals surface area contributed by atoms with Gasteiger partial charge in [-0.25, -0.2) is 4.79 Å². The number of aromatic amines is 2. The van der Waals surface area contributed by atoms with E-state index >= 15 is 0 Å². The maximum atomic E-state index is 11.3. The second kappa shape index (κ2) is 5.58. The highest BCUT2D eigenvalue weighted by Gasteiger charge is 2.29. The summed E-state index contributed by atoms with van der Waals surface area (Å²) >= 11 is 1.63. The lowest BCUT2D eigenvalue weighted by atomic mass is 9.94. The molecule has 6 nitrogen and oxygen atoms in total. The van der Waals surface area contributed by atoms with Crippen LogP contribution in [0.3, 0.4) is 0 Å². The first-order chi connectivity index (χ1) is 11.2. The molecule has 3 aromatic rings. The number of carbonyl (C=O) groups is 1. The molecular formula is C16H14N4O2S. The van der Waals surface area contributed by atoms with Gasteiger partial charge in [-0.2, -0.15) is 10.2 Å². The third-order valence-corrected chi connectivity index (χ3v) is 5.02. The molecule has 0 saturated carbocycles. The van der Waals surface area contributed by atoms with Gasteiger partial charge in [-0.1, -0.05) is 42.1 Å². The van der Waals surface area contributed by atoms with Crippen LogP contribution in [0.25, 0.3) is 11.3 Å². The van der Waals surface area contributed by atoms with Gasteiger partial charge in [-0.3, -0.25) is 10.2 Å². The summed E-state index contributed by atoms with van der Waals surface area (Å²) in [5, 5.41) is 24.5. The minimum absolute atomic E-state index is 0.186. The summed E-state index contributed by atoms with van der Waals surface area (Å²) in [5.74, 6) is -0.159. The number of nitrogens with one attached hydrogen (secondary N) is 2. The summed E-state index contributed by atoms with van der Waals surface area (Å²) in [5.41, 5.74) is 4.86. The summed E-state index contributed by atoms with van der Waals surface area (Å²) in [6.07, 6.45) is 1.41. The van der Waals surface area contributed by atoms with Gasteiger partial charge in [0.25, 0.3) is 0 Å². The number of aryl methyl sites for hydroxylation is 1. The standard InChI is InChI=1S/C16H14N4O2S/c21-16(22)14-10-6-7-11-12(13(10)18-19-14)15(20-17-11)23-8-9-4-2-1-3-5-9/h1-5H,6-8H2,(H,17,20)(H,18,19)(H,21,22). The van der Waals surface area contributed by atoms with Crippen molar-refractivity contribution in [1.82, 2.24) is 20.4 Å². The van der Waals surface area contributed by atoms with Gasteiger partial charge in [0.05, 0.1) is 5.56 Å². The van der Waals surface area contributed by atoms with E-state index in [0.717, 1.165) is 34.0 Å². The molecule has 7 heteroatoms. The first kappa shape index (κ1) is 14.1. The monoisotopic (exact) mass is 326 g/mol. The van der Waals surface area contributed by atoms with Crippen molar-refractivity contribution in [3.05, 3.63) is 52.8 Å².